The summed E-state index contributed by atoms with van der Waals surface area (Å²) < 4.78 is 2.76. The fourth-order valence-electron chi connectivity index (χ4n) is 1.63. The van der Waals surface area contributed by atoms with Gasteiger partial charge in [-0.2, -0.15) is 0 Å². The van der Waals surface area contributed by atoms with Gasteiger partial charge in [-0.15, -0.1) is 0 Å². The van der Waals surface area contributed by atoms with Crippen LogP contribution in [0.1, 0.15) is 15.9 Å². The molecule has 4 heteroatoms. The topological polar surface area (TPSA) is 17.1 Å². The van der Waals surface area contributed by atoms with Crippen molar-refractivity contribution in [2.75, 3.05) is 0 Å². The molecule has 1 nitrogen and oxygen atoms in total. The van der Waals surface area contributed by atoms with Crippen LogP contribution in [0.25, 0.3) is 0 Å². The summed E-state index contributed by atoms with van der Waals surface area (Å²) in [6.45, 7) is 0. The predicted octanol–water partition coefficient (Wildman–Crippen LogP) is 5.40. The number of halogens is 3. The highest BCUT2D eigenvalue weighted by Gasteiger charge is 2.10. The second-order valence-electron chi connectivity index (χ2n) is 3.85. The van der Waals surface area contributed by atoms with Gasteiger partial charge in [0.25, 0.3) is 0 Å². The third kappa shape index (κ3) is 3.53. The van der Waals surface area contributed by atoms with Gasteiger partial charge in [0.15, 0.2) is 5.78 Å². The second-order valence-corrected chi connectivity index (χ2v) is 6.54. The van der Waals surface area contributed by atoms with Gasteiger partial charge in [0.2, 0.25) is 0 Å². The highest BCUT2D eigenvalue weighted by molar-refractivity contribution is 9.11. The lowest BCUT2D eigenvalue weighted by Crippen LogP contribution is -2.04. The van der Waals surface area contributed by atoms with Gasteiger partial charge in [-0.05, 0) is 29.8 Å². The molecule has 18 heavy (non-hydrogen) atoms. The Kier molecular flexibility index (Phi) is 4.76. The summed E-state index contributed by atoms with van der Waals surface area (Å²) in [7, 11) is 0. The molecule has 0 atom stereocenters. The van der Waals surface area contributed by atoms with E-state index in [0.717, 1.165) is 19.0 Å². The monoisotopic (exact) mass is 430 g/mol. The SMILES string of the molecule is O=C(Cc1ccccc1Br)c1cc(Br)cc(Br)c1. The Hall–Kier alpha value is -0.450. The minimum absolute atomic E-state index is 0.101. The highest BCUT2D eigenvalue weighted by Crippen LogP contribution is 2.23. The average Bonchev–Trinajstić information content (AvgIpc) is 2.31. The Bertz CT molecular complexity index is 573. The molecule has 0 amide bonds. The first-order valence-corrected chi connectivity index (χ1v) is 7.67. The Morgan fingerprint density at radius 2 is 1.56 bits per heavy atom. The van der Waals surface area contributed by atoms with Crippen molar-refractivity contribution in [1.82, 2.24) is 0 Å². The lowest BCUT2D eigenvalue weighted by Gasteiger charge is -2.05. The Morgan fingerprint density at radius 3 is 2.17 bits per heavy atom. The molecular weight excluding hydrogens is 424 g/mol. The Labute approximate surface area is 131 Å². The van der Waals surface area contributed by atoms with Crippen molar-refractivity contribution in [2.45, 2.75) is 6.42 Å². The number of hydrogen-bond acceptors (Lipinski definition) is 1. The molecule has 0 aliphatic rings. The van der Waals surface area contributed by atoms with E-state index in [0.29, 0.717) is 12.0 Å². The normalized spacial score (nSPS) is 10.4. The number of Topliss-reactive ketones (excluding diaryl/α,β-unsaturated/α-hetero) is 1. The van der Waals surface area contributed by atoms with E-state index < -0.39 is 0 Å². The first-order valence-electron chi connectivity index (χ1n) is 5.29. The summed E-state index contributed by atoms with van der Waals surface area (Å²) >= 11 is 10.2. The van der Waals surface area contributed by atoms with E-state index >= 15 is 0 Å². The third-order valence-corrected chi connectivity index (χ3v) is 4.18. The number of ketones is 1. The fourth-order valence-corrected chi connectivity index (χ4v) is 3.35. The first kappa shape index (κ1) is 14.0. The third-order valence-electron chi connectivity index (χ3n) is 2.49. The molecular formula is C14H9Br3O. The van der Waals surface area contributed by atoms with Crippen molar-refractivity contribution >= 4 is 53.6 Å². The number of carbonyl (C=O) groups excluding carboxylic acids is 1. The average molecular weight is 433 g/mol. The van der Waals surface area contributed by atoms with Crippen LogP contribution in [0.2, 0.25) is 0 Å². The zero-order valence-corrected chi connectivity index (χ0v) is 14.0. The van der Waals surface area contributed by atoms with Gasteiger partial charge in [0.1, 0.15) is 0 Å². The van der Waals surface area contributed by atoms with E-state index in [-0.39, 0.29) is 5.78 Å². The molecule has 0 aromatic heterocycles. The summed E-state index contributed by atoms with van der Waals surface area (Å²) in [5.74, 6) is 0.101. The minimum Gasteiger partial charge on any atom is -0.294 e. The van der Waals surface area contributed by atoms with E-state index in [9.17, 15) is 4.79 Å². The number of hydrogen-bond donors (Lipinski definition) is 0. The standard InChI is InChI=1S/C14H9Br3O/c15-11-5-10(6-12(16)8-11)14(18)7-9-3-1-2-4-13(9)17/h1-6,8H,7H2. The number of rotatable bonds is 3. The maximum absolute atomic E-state index is 12.2. The maximum Gasteiger partial charge on any atom is 0.167 e. The second kappa shape index (κ2) is 6.13. The van der Waals surface area contributed by atoms with Gasteiger partial charge in [-0.25, -0.2) is 0 Å². The van der Waals surface area contributed by atoms with Crippen LogP contribution in [-0.4, -0.2) is 5.78 Å². The molecule has 0 unspecified atom stereocenters. The molecule has 2 aromatic carbocycles. The van der Waals surface area contributed by atoms with Crippen LogP contribution in [0, 0.1) is 0 Å². The lowest BCUT2D eigenvalue weighted by atomic mass is 10.0. The maximum atomic E-state index is 12.2. The molecule has 0 radical (unpaired) electrons. The van der Waals surface area contributed by atoms with Crippen molar-refractivity contribution in [2.24, 2.45) is 0 Å². The van der Waals surface area contributed by atoms with E-state index in [1.807, 2.05) is 42.5 Å². The zero-order chi connectivity index (χ0) is 13.1. The van der Waals surface area contributed by atoms with Crippen molar-refractivity contribution in [3.63, 3.8) is 0 Å². The van der Waals surface area contributed by atoms with Gasteiger partial charge >= 0.3 is 0 Å². The number of benzene rings is 2. The van der Waals surface area contributed by atoms with Gasteiger partial charge in [0, 0.05) is 25.4 Å². The molecule has 0 heterocycles. The van der Waals surface area contributed by atoms with Crippen molar-refractivity contribution in [3.8, 4) is 0 Å². The molecule has 0 saturated heterocycles. The molecule has 0 aliphatic heterocycles. The first-order chi connectivity index (χ1) is 8.56. The van der Waals surface area contributed by atoms with Crippen molar-refractivity contribution in [3.05, 3.63) is 67.0 Å². The van der Waals surface area contributed by atoms with E-state index in [1.165, 1.54) is 0 Å². The molecule has 0 aliphatic carbocycles. The quantitative estimate of drug-likeness (QED) is 0.593. The molecule has 0 bridgehead atoms. The lowest BCUT2D eigenvalue weighted by molar-refractivity contribution is 0.0992. The van der Waals surface area contributed by atoms with Crippen LogP contribution in [0.15, 0.2) is 55.9 Å². The van der Waals surface area contributed by atoms with Crippen LogP contribution < -0.4 is 0 Å². The molecule has 0 saturated carbocycles. The van der Waals surface area contributed by atoms with E-state index in [1.54, 1.807) is 0 Å². The smallest absolute Gasteiger partial charge is 0.167 e. The summed E-state index contributed by atoms with van der Waals surface area (Å²) in [5.41, 5.74) is 1.70. The molecule has 0 fully saturated rings. The van der Waals surface area contributed by atoms with Crippen molar-refractivity contribution in [1.29, 1.82) is 0 Å². The zero-order valence-electron chi connectivity index (χ0n) is 9.29. The molecule has 0 spiro atoms. The Balaban J connectivity index is 2.25. The van der Waals surface area contributed by atoms with Crippen LogP contribution >= 0.6 is 47.8 Å². The molecule has 2 rings (SSSR count). The fraction of sp³-hybridized carbons (Fsp3) is 0.0714. The van der Waals surface area contributed by atoms with Crippen LogP contribution in [0.3, 0.4) is 0 Å². The largest absolute Gasteiger partial charge is 0.294 e. The number of carbonyl (C=O) groups is 1. The summed E-state index contributed by atoms with van der Waals surface area (Å²) in [6.07, 6.45) is 0.393. The summed E-state index contributed by atoms with van der Waals surface area (Å²) in [6, 6.07) is 13.4. The van der Waals surface area contributed by atoms with Gasteiger partial charge < -0.3 is 0 Å². The van der Waals surface area contributed by atoms with Crippen LogP contribution in [0.5, 0.6) is 0 Å². The van der Waals surface area contributed by atoms with Gasteiger partial charge in [-0.1, -0.05) is 66.0 Å². The minimum atomic E-state index is 0.101. The van der Waals surface area contributed by atoms with Crippen molar-refractivity contribution < 1.29 is 4.79 Å². The summed E-state index contributed by atoms with van der Waals surface area (Å²) in [5, 5.41) is 0. The molecule has 0 N–H and O–H groups in total. The van der Waals surface area contributed by atoms with Gasteiger partial charge in [0.05, 0.1) is 0 Å². The van der Waals surface area contributed by atoms with E-state index in [4.69, 9.17) is 0 Å². The molecule has 2 aromatic rings. The Morgan fingerprint density at radius 1 is 0.944 bits per heavy atom. The highest BCUT2D eigenvalue weighted by atomic mass is 79.9. The summed E-state index contributed by atoms with van der Waals surface area (Å²) in [4.78, 5) is 12.2. The van der Waals surface area contributed by atoms with Crippen LogP contribution in [0.4, 0.5) is 0 Å². The predicted molar refractivity (Wildman–Crippen MR) is 84.0 cm³/mol. The van der Waals surface area contributed by atoms with Gasteiger partial charge in [-0.3, -0.25) is 4.79 Å². The van der Waals surface area contributed by atoms with Crippen LogP contribution in [-0.2, 0) is 6.42 Å². The van der Waals surface area contributed by atoms with E-state index in [2.05, 4.69) is 47.8 Å². The molecule has 92 valence electrons.